The van der Waals surface area contributed by atoms with Crippen LogP contribution in [0.5, 0.6) is 0 Å². The highest BCUT2D eigenvalue weighted by Crippen LogP contribution is 2.14. The van der Waals surface area contributed by atoms with Crippen LogP contribution in [0.25, 0.3) is 0 Å². The Hall–Kier alpha value is -1.49. The summed E-state index contributed by atoms with van der Waals surface area (Å²) in [5.41, 5.74) is 1.87. The maximum atomic E-state index is 13.1. The van der Waals surface area contributed by atoms with Gasteiger partial charge in [-0.2, -0.15) is 5.10 Å². The molecular weight excluding hydrogens is 251 g/mol. The molecule has 1 heterocycles. The third-order valence-electron chi connectivity index (χ3n) is 2.73. The van der Waals surface area contributed by atoms with Crippen molar-refractivity contribution in [2.24, 2.45) is 7.05 Å². The van der Waals surface area contributed by atoms with Gasteiger partial charge in [0.05, 0.1) is 27.9 Å². The molecule has 0 radical (unpaired) electrons. The summed E-state index contributed by atoms with van der Waals surface area (Å²) < 4.78 is 26.9. The molecule has 0 amide bonds. The molecule has 3 nitrogen and oxygen atoms in total. The molecule has 0 fully saturated rings. The number of nitrogens with zero attached hydrogens (tertiary/aromatic N) is 2. The maximum Gasteiger partial charge on any atom is 0.124 e. The van der Waals surface area contributed by atoms with Gasteiger partial charge in [0.1, 0.15) is 5.82 Å². The third kappa shape index (κ3) is 2.85. The molecule has 1 atom stereocenters. The maximum absolute atomic E-state index is 13.1. The average Bonchev–Trinajstić information content (AvgIpc) is 2.70. The number of hydrogen-bond donors (Lipinski definition) is 0. The molecule has 5 heteroatoms. The highest BCUT2D eigenvalue weighted by molar-refractivity contribution is 7.84. The Balaban J connectivity index is 2.18. The summed E-state index contributed by atoms with van der Waals surface area (Å²) >= 11 is 0. The summed E-state index contributed by atoms with van der Waals surface area (Å²) in [6, 6.07) is 7.85. The smallest absolute Gasteiger partial charge is 0.124 e. The van der Waals surface area contributed by atoms with Gasteiger partial charge in [0, 0.05) is 11.9 Å². The van der Waals surface area contributed by atoms with Gasteiger partial charge in [-0.3, -0.25) is 8.89 Å². The van der Waals surface area contributed by atoms with Crippen LogP contribution in [-0.2, 0) is 30.0 Å². The second-order valence-electron chi connectivity index (χ2n) is 4.05. The van der Waals surface area contributed by atoms with Crippen molar-refractivity contribution in [1.82, 2.24) is 9.78 Å². The van der Waals surface area contributed by atoms with Crippen molar-refractivity contribution in [3.05, 3.63) is 47.5 Å². The Kier molecular flexibility index (Phi) is 3.91. The topological polar surface area (TPSA) is 34.9 Å². The summed E-state index contributed by atoms with van der Waals surface area (Å²) in [7, 11) is 0.586. The van der Waals surface area contributed by atoms with Crippen LogP contribution in [-0.4, -0.2) is 14.0 Å². The number of halogens is 1. The van der Waals surface area contributed by atoms with Gasteiger partial charge in [-0.05, 0) is 30.7 Å². The zero-order valence-corrected chi connectivity index (χ0v) is 11.2. The SMILES string of the molecule is CCc1cc(CS(=O)c2cccc(F)c2)n(C)n1. The van der Waals surface area contributed by atoms with E-state index in [0.29, 0.717) is 10.6 Å². The first-order valence-electron chi connectivity index (χ1n) is 5.76. The molecule has 0 bridgehead atoms. The van der Waals surface area contributed by atoms with E-state index in [1.165, 1.54) is 12.1 Å². The van der Waals surface area contributed by atoms with Crippen LogP contribution in [0.3, 0.4) is 0 Å². The molecule has 0 aliphatic heterocycles. The van der Waals surface area contributed by atoms with Crippen LogP contribution >= 0.6 is 0 Å². The molecule has 0 saturated heterocycles. The van der Waals surface area contributed by atoms with Crippen molar-refractivity contribution in [3.63, 3.8) is 0 Å². The van der Waals surface area contributed by atoms with Gasteiger partial charge in [0.15, 0.2) is 0 Å². The molecule has 0 aliphatic carbocycles. The van der Waals surface area contributed by atoms with Gasteiger partial charge in [-0.15, -0.1) is 0 Å². The minimum Gasteiger partial charge on any atom is -0.271 e. The van der Waals surface area contributed by atoms with E-state index in [-0.39, 0.29) is 5.82 Å². The molecule has 1 aromatic carbocycles. The average molecular weight is 266 g/mol. The predicted octanol–water partition coefficient (Wildman–Crippen LogP) is 2.43. The minimum absolute atomic E-state index is 0.354. The van der Waals surface area contributed by atoms with E-state index < -0.39 is 10.8 Å². The molecule has 2 rings (SSSR count). The van der Waals surface area contributed by atoms with Crippen LogP contribution in [0.4, 0.5) is 4.39 Å². The lowest BCUT2D eigenvalue weighted by Gasteiger charge is -2.03. The summed E-state index contributed by atoms with van der Waals surface area (Å²) in [6.45, 7) is 2.02. The largest absolute Gasteiger partial charge is 0.271 e. The Labute approximate surface area is 108 Å². The van der Waals surface area contributed by atoms with Crippen molar-refractivity contribution in [3.8, 4) is 0 Å². The summed E-state index contributed by atoms with van der Waals surface area (Å²) in [5.74, 6) is -0.00690. The molecule has 0 N–H and O–H groups in total. The van der Waals surface area contributed by atoms with E-state index in [1.54, 1.807) is 16.8 Å². The van der Waals surface area contributed by atoms with Crippen LogP contribution in [0.1, 0.15) is 18.3 Å². The van der Waals surface area contributed by atoms with Crippen molar-refractivity contribution in [2.75, 3.05) is 0 Å². The first kappa shape index (κ1) is 13.0. The minimum atomic E-state index is -1.24. The highest BCUT2D eigenvalue weighted by atomic mass is 32.2. The standard InChI is InChI=1S/C13H15FN2OS/c1-3-11-8-12(16(2)15-11)9-18(17)13-6-4-5-10(14)7-13/h4-8H,3,9H2,1-2H3. The quantitative estimate of drug-likeness (QED) is 0.852. The van der Waals surface area contributed by atoms with E-state index in [2.05, 4.69) is 5.10 Å². The molecule has 0 spiro atoms. The lowest BCUT2D eigenvalue weighted by molar-refractivity contribution is 0.622. The number of aromatic nitrogens is 2. The first-order valence-corrected chi connectivity index (χ1v) is 7.07. The molecule has 96 valence electrons. The lowest BCUT2D eigenvalue weighted by Crippen LogP contribution is -2.03. The molecule has 1 aromatic heterocycles. The second kappa shape index (κ2) is 5.44. The van der Waals surface area contributed by atoms with E-state index >= 15 is 0 Å². The molecule has 2 aromatic rings. The van der Waals surface area contributed by atoms with Crippen LogP contribution in [0, 0.1) is 5.82 Å². The Bertz CT molecular complexity index is 580. The number of aryl methyl sites for hydroxylation is 2. The normalized spacial score (nSPS) is 12.6. The zero-order chi connectivity index (χ0) is 13.1. The van der Waals surface area contributed by atoms with Gasteiger partial charge < -0.3 is 0 Å². The van der Waals surface area contributed by atoms with Crippen LogP contribution in [0.2, 0.25) is 0 Å². The van der Waals surface area contributed by atoms with Gasteiger partial charge in [0.2, 0.25) is 0 Å². The van der Waals surface area contributed by atoms with E-state index in [1.807, 2.05) is 20.0 Å². The monoisotopic (exact) mass is 266 g/mol. The third-order valence-corrected chi connectivity index (χ3v) is 4.07. The van der Waals surface area contributed by atoms with Crippen LogP contribution in [0.15, 0.2) is 35.2 Å². The molecular formula is C13H15FN2OS. The number of benzene rings is 1. The zero-order valence-electron chi connectivity index (χ0n) is 10.4. The fourth-order valence-electron chi connectivity index (χ4n) is 1.71. The Morgan fingerprint density at radius 1 is 1.39 bits per heavy atom. The van der Waals surface area contributed by atoms with Gasteiger partial charge >= 0.3 is 0 Å². The van der Waals surface area contributed by atoms with Gasteiger partial charge in [-0.25, -0.2) is 4.39 Å². The van der Waals surface area contributed by atoms with E-state index in [0.717, 1.165) is 17.8 Å². The summed E-state index contributed by atoms with van der Waals surface area (Å²) in [4.78, 5) is 0.509. The second-order valence-corrected chi connectivity index (χ2v) is 5.50. The van der Waals surface area contributed by atoms with Crippen molar-refractivity contribution in [1.29, 1.82) is 0 Å². The highest BCUT2D eigenvalue weighted by Gasteiger charge is 2.10. The molecule has 0 saturated carbocycles. The van der Waals surface area contributed by atoms with Crippen molar-refractivity contribution < 1.29 is 8.60 Å². The lowest BCUT2D eigenvalue weighted by atomic mass is 10.3. The molecule has 18 heavy (non-hydrogen) atoms. The van der Waals surface area contributed by atoms with Gasteiger partial charge in [-0.1, -0.05) is 13.0 Å². The molecule has 0 aliphatic rings. The fourth-order valence-corrected chi connectivity index (χ4v) is 2.89. The number of hydrogen-bond acceptors (Lipinski definition) is 2. The number of rotatable bonds is 4. The predicted molar refractivity (Wildman–Crippen MR) is 69.1 cm³/mol. The van der Waals surface area contributed by atoms with E-state index in [4.69, 9.17) is 0 Å². The first-order chi connectivity index (χ1) is 8.60. The fraction of sp³-hybridized carbons (Fsp3) is 0.308. The molecule has 1 unspecified atom stereocenters. The Morgan fingerprint density at radius 2 is 2.17 bits per heavy atom. The van der Waals surface area contributed by atoms with Crippen LogP contribution < -0.4 is 0 Å². The van der Waals surface area contributed by atoms with E-state index in [9.17, 15) is 8.60 Å². The Morgan fingerprint density at radius 3 is 2.78 bits per heavy atom. The van der Waals surface area contributed by atoms with Crippen molar-refractivity contribution >= 4 is 10.8 Å². The summed E-state index contributed by atoms with van der Waals surface area (Å²) in [6.07, 6.45) is 0.848. The van der Waals surface area contributed by atoms with Gasteiger partial charge in [0.25, 0.3) is 0 Å². The van der Waals surface area contributed by atoms with Crippen molar-refractivity contribution in [2.45, 2.75) is 24.0 Å². The summed E-state index contributed by atoms with van der Waals surface area (Å²) in [5, 5.41) is 4.30.